The maximum absolute atomic E-state index is 14.9. The van der Waals surface area contributed by atoms with Crippen molar-refractivity contribution in [1.29, 1.82) is 0 Å². The highest BCUT2D eigenvalue weighted by Crippen LogP contribution is 2.48. The van der Waals surface area contributed by atoms with Crippen molar-refractivity contribution in [2.75, 3.05) is 33.5 Å². The number of fused-ring (bicyclic) bond motifs is 3. The Morgan fingerprint density at radius 3 is 2.50 bits per heavy atom. The summed E-state index contributed by atoms with van der Waals surface area (Å²) in [6.45, 7) is 7.03. The molecule has 4 heterocycles. The number of alkyl carbamates (subject to hydrolysis) is 1. The van der Waals surface area contributed by atoms with Gasteiger partial charge in [0.2, 0.25) is 27.7 Å². The van der Waals surface area contributed by atoms with Gasteiger partial charge >= 0.3 is 6.09 Å². The van der Waals surface area contributed by atoms with E-state index in [-0.39, 0.29) is 67.4 Å². The molecule has 0 unspecified atom stereocenters. The van der Waals surface area contributed by atoms with Crippen LogP contribution in [0.5, 0.6) is 11.6 Å². The average molecular weight is 834 g/mol. The normalized spacial score (nSPS) is 31.0. The molecule has 0 spiro atoms. The maximum atomic E-state index is 14.9. The van der Waals surface area contributed by atoms with E-state index in [2.05, 4.69) is 27.3 Å². The second kappa shape index (κ2) is 15.9. The van der Waals surface area contributed by atoms with Crippen LogP contribution in [-0.2, 0) is 33.9 Å². The van der Waals surface area contributed by atoms with E-state index in [1.165, 1.54) is 18.2 Å². The molecular formula is C41H60FN5O10S. The minimum atomic E-state index is -4.39. The second-order valence-corrected chi connectivity index (χ2v) is 19.3. The van der Waals surface area contributed by atoms with Gasteiger partial charge in [-0.3, -0.25) is 19.1 Å². The molecule has 7 rings (SSSR count). The van der Waals surface area contributed by atoms with Crippen LogP contribution in [-0.4, -0.2) is 110 Å². The number of nitrogens with zero attached hydrogens (tertiary/aromatic N) is 2. The van der Waals surface area contributed by atoms with E-state index < -0.39 is 86.4 Å². The van der Waals surface area contributed by atoms with Gasteiger partial charge in [-0.1, -0.05) is 58.0 Å². The average Bonchev–Trinajstić information content (AvgIpc) is 4.08. The Balaban J connectivity index is 0.00000273. The Bertz CT molecular complexity index is 2090. The van der Waals surface area contributed by atoms with Crippen LogP contribution in [0.4, 0.5) is 9.18 Å². The van der Waals surface area contributed by atoms with Crippen molar-refractivity contribution in [2.24, 2.45) is 23.7 Å². The number of benzene rings is 1. The minimum absolute atomic E-state index is 0. The number of alkyl halides is 1. The monoisotopic (exact) mass is 833 g/mol. The first-order chi connectivity index (χ1) is 27.6. The van der Waals surface area contributed by atoms with Gasteiger partial charge < -0.3 is 34.5 Å². The van der Waals surface area contributed by atoms with Gasteiger partial charge in [-0.05, 0) is 62.3 Å². The van der Waals surface area contributed by atoms with E-state index in [1.807, 2.05) is 57.2 Å². The number of halogens is 1. The standard InChI is InChI=1S/C41H54FN5O10S.3H2/c1-24(2)40(22-55-23-40)57-38(51)44-33-26(4)16-25(3)10-6-7-11-27-18-41(27,37(50)46-58(52,53)39(21-42)14-15-39)45-34(48)31-17-28(20-47(31)36(33)49)56-35-30-13-9-8-12-29(30)32(54-5)19-43-35;;;/h7-9,11-13,19,24-28,31,33H,6,10,14-18,20-23H2,1-5H3,(H,44,51)(H,45,48)(H,46,50);3*1H/b11-7-;;;/t25-,26+,27+,28+,31-,33-,41+;;;/m0.../s1. The lowest BCUT2D eigenvalue weighted by molar-refractivity contribution is -0.200. The van der Waals surface area contributed by atoms with Gasteiger partial charge in [0.15, 0.2) is 5.60 Å². The maximum Gasteiger partial charge on any atom is 0.408 e. The van der Waals surface area contributed by atoms with E-state index in [0.717, 1.165) is 11.8 Å². The fourth-order valence-electron chi connectivity index (χ4n) is 8.46. The van der Waals surface area contributed by atoms with Crippen molar-refractivity contribution in [3.63, 3.8) is 0 Å². The van der Waals surface area contributed by atoms with E-state index in [4.69, 9.17) is 18.9 Å². The van der Waals surface area contributed by atoms with E-state index in [1.54, 1.807) is 0 Å². The van der Waals surface area contributed by atoms with E-state index in [9.17, 15) is 32.0 Å². The summed E-state index contributed by atoms with van der Waals surface area (Å²) in [4.78, 5) is 63.0. The highest BCUT2D eigenvalue weighted by molar-refractivity contribution is 7.91. The molecule has 322 valence electrons. The molecule has 58 heavy (non-hydrogen) atoms. The molecule has 7 atom stereocenters. The van der Waals surface area contributed by atoms with E-state index in [0.29, 0.717) is 24.0 Å². The number of aromatic nitrogens is 1. The van der Waals surface area contributed by atoms with Gasteiger partial charge in [0.25, 0.3) is 5.91 Å². The van der Waals surface area contributed by atoms with Gasteiger partial charge in [-0.25, -0.2) is 22.6 Å². The Morgan fingerprint density at radius 2 is 1.86 bits per heavy atom. The second-order valence-electron chi connectivity index (χ2n) is 17.2. The van der Waals surface area contributed by atoms with Crippen LogP contribution in [0, 0.1) is 23.7 Å². The number of hydrogen-bond donors (Lipinski definition) is 3. The lowest BCUT2D eigenvalue weighted by atomic mass is 9.87. The molecule has 1 aromatic carbocycles. The van der Waals surface area contributed by atoms with Crippen LogP contribution in [0.1, 0.15) is 76.9 Å². The molecule has 4 fully saturated rings. The number of methoxy groups -OCH3 is 1. The molecule has 17 heteroatoms. The molecule has 2 saturated heterocycles. The third-order valence-electron chi connectivity index (χ3n) is 12.8. The molecule has 3 aliphatic heterocycles. The fourth-order valence-corrected chi connectivity index (χ4v) is 9.89. The number of carbonyl (C=O) groups is 4. The molecular weight excluding hydrogens is 774 g/mol. The SMILES string of the molecule is COc1cnc(O[C@@H]2C[C@H]3C(=O)N[C@]4(C(=O)NS(=O)(=O)C5(CF)CC5)C[C@H]4/C=C\CC[C@H](C)C[C@@H](C)[C@H](NC(=O)OC4(C(C)C)COC4)C(=O)N3C2)c2ccccc12.[HH].[HH].[HH]. The summed E-state index contributed by atoms with van der Waals surface area (Å²) in [7, 11) is -2.86. The van der Waals surface area contributed by atoms with Gasteiger partial charge in [0.05, 0.1) is 33.1 Å². The summed E-state index contributed by atoms with van der Waals surface area (Å²) < 4.78 is 64.0. The van der Waals surface area contributed by atoms with Crippen molar-refractivity contribution >= 4 is 44.6 Å². The zero-order valence-electron chi connectivity index (χ0n) is 33.6. The Hall–Kier alpha value is -4.51. The largest absolute Gasteiger partial charge is 0.494 e. The van der Waals surface area contributed by atoms with Crippen LogP contribution >= 0.6 is 0 Å². The molecule has 3 N–H and O–H groups in total. The van der Waals surface area contributed by atoms with Gasteiger partial charge in [-0.2, -0.15) is 0 Å². The molecule has 5 aliphatic rings. The van der Waals surface area contributed by atoms with Crippen LogP contribution in [0.15, 0.2) is 42.6 Å². The third kappa shape index (κ3) is 7.83. The zero-order chi connectivity index (χ0) is 41.6. The molecule has 2 aromatic rings. The van der Waals surface area contributed by atoms with Crippen molar-refractivity contribution in [1.82, 2.24) is 25.2 Å². The summed E-state index contributed by atoms with van der Waals surface area (Å²) in [6, 6.07) is 5.05. The number of sulfonamides is 1. The summed E-state index contributed by atoms with van der Waals surface area (Å²) in [6.07, 6.45) is 5.85. The molecule has 15 nitrogen and oxygen atoms in total. The number of nitrogens with one attached hydrogen (secondary N) is 3. The molecule has 0 radical (unpaired) electrons. The number of amides is 4. The first-order valence-corrected chi connectivity index (χ1v) is 21.6. The van der Waals surface area contributed by atoms with Gasteiger partial charge in [0.1, 0.15) is 40.9 Å². The number of pyridine rings is 1. The lowest BCUT2D eigenvalue weighted by Gasteiger charge is -2.44. The Kier molecular flexibility index (Phi) is 11.4. The number of hydrogen-bond acceptors (Lipinski definition) is 11. The first-order valence-electron chi connectivity index (χ1n) is 20.1. The van der Waals surface area contributed by atoms with Crippen LogP contribution in [0.3, 0.4) is 0 Å². The van der Waals surface area contributed by atoms with Crippen molar-refractivity contribution in [3.05, 3.63) is 42.6 Å². The summed E-state index contributed by atoms with van der Waals surface area (Å²) in [5.74, 6) is -2.30. The van der Waals surface area contributed by atoms with E-state index >= 15 is 0 Å². The number of allylic oxidation sites excluding steroid dienone is 1. The van der Waals surface area contributed by atoms with Crippen molar-refractivity contribution < 1.29 is 55.2 Å². The van der Waals surface area contributed by atoms with Gasteiger partial charge in [0, 0.05) is 27.4 Å². The summed E-state index contributed by atoms with van der Waals surface area (Å²) in [5, 5.41) is 7.08. The summed E-state index contributed by atoms with van der Waals surface area (Å²) in [5.41, 5.74) is -2.50. The van der Waals surface area contributed by atoms with Gasteiger partial charge in [-0.15, -0.1) is 0 Å². The molecule has 4 amide bonds. The predicted octanol–water partition coefficient (Wildman–Crippen LogP) is 4.68. The van der Waals surface area contributed by atoms with Crippen molar-refractivity contribution in [2.45, 2.75) is 107 Å². The quantitative estimate of drug-likeness (QED) is 0.282. The Labute approximate surface area is 342 Å². The topological polar surface area (TPSA) is 192 Å². The number of carbonyl (C=O) groups excluding carboxylic acids is 4. The highest BCUT2D eigenvalue weighted by Gasteiger charge is 2.64. The zero-order valence-corrected chi connectivity index (χ0v) is 34.4. The van der Waals surface area contributed by atoms with Crippen LogP contribution in [0.2, 0.25) is 0 Å². The highest BCUT2D eigenvalue weighted by atomic mass is 32.2. The fraction of sp³-hybridized carbons (Fsp3) is 0.634. The number of rotatable bonds is 10. The number of ether oxygens (including phenoxy) is 4. The smallest absolute Gasteiger partial charge is 0.408 e. The predicted molar refractivity (Wildman–Crippen MR) is 216 cm³/mol. The molecule has 2 saturated carbocycles. The third-order valence-corrected chi connectivity index (χ3v) is 14.9. The minimum Gasteiger partial charge on any atom is -0.494 e. The van der Waals surface area contributed by atoms with Crippen LogP contribution in [0.25, 0.3) is 10.8 Å². The first kappa shape index (κ1) is 41.6. The molecule has 1 aromatic heterocycles. The van der Waals surface area contributed by atoms with Crippen LogP contribution < -0.4 is 24.8 Å². The molecule has 2 aliphatic carbocycles. The van der Waals surface area contributed by atoms with Crippen molar-refractivity contribution in [3.8, 4) is 11.6 Å². The summed E-state index contributed by atoms with van der Waals surface area (Å²) >= 11 is 0. The lowest BCUT2D eigenvalue weighted by Crippen LogP contribution is -2.61. The molecule has 0 bridgehead atoms. The Morgan fingerprint density at radius 1 is 1.14 bits per heavy atom.